The standard InChI is InChI=1S/C4H11NO2/c1-5-3-7-4-6-2/h5H,3-4H2,1-2H3. The zero-order valence-electron chi connectivity index (χ0n) is 4.73. The summed E-state index contributed by atoms with van der Waals surface area (Å²) in [6, 6.07) is 0. The predicted molar refractivity (Wildman–Crippen MR) is 26.9 cm³/mol. The van der Waals surface area contributed by atoms with Crippen molar-refractivity contribution >= 4 is 0 Å². The maximum atomic E-state index is 4.80. The third-order valence-corrected chi connectivity index (χ3v) is 0.448. The van der Waals surface area contributed by atoms with Crippen molar-refractivity contribution in [3.05, 3.63) is 0 Å². The van der Waals surface area contributed by atoms with Gasteiger partial charge < -0.3 is 9.47 Å². The summed E-state index contributed by atoms with van der Waals surface area (Å²) in [7, 11) is 3.41. The minimum Gasteiger partial charge on any atom is -0.359 e. The van der Waals surface area contributed by atoms with Gasteiger partial charge in [0, 0.05) is 7.11 Å². The van der Waals surface area contributed by atoms with Crippen LogP contribution in [0.5, 0.6) is 0 Å². The monoisotopic (exact) mass is 105 g/mol. The van der Waals surface area contributed by atoms with Crippen LogP contribution in [-0.4, -0.2) is 27.7 Å². The fourth-order valence-corrected chi connectivity index (χ4v) is 0.227. The van der Waals surface area contributed by atoms with Gasteiger partial charge in [0.15, 0.2) is 0 Å². The summed E-state index contributed by atoms with van der Waals surface area (Å²) < 4.78 is 9.38. The smallest absolute Gasteiger partial charge is 0.148 e. The molecule has 0 radical (unpaired) electrons. The van der Waals surface area contributed by atoms with Crippen LogP contribution in [0.15, 0.2) is 0 Å². The minimum absolute atomic E-state index is 0.362. The zero-order chi connectivity index (χ0) is 5.54. The summed E-state index contributed by atoms with van der Waals surface area (Å²) in [4.78, 5) is 0. The van der Waals surface area contributed by atoms with E-state index in [-0.39, 0.29) is 0 Å². The van der Waals surface area contributed by atoms with Crippen molar-refractivity contribution in [3.63, 3.8) is 0 Å². The van der Waals surface area contributed by atoms with Crippen LogP contribution in [0.25, 0.3) is 0 Å². The molecule has 0 atom stereocenters. The lowest BCUT2D eigenvalue weighted by atomic mass is 11.1. The Morgan fingerprint density at radius 1 is 1.57 bits per heavy atom. The summed E-state index contributed by atoms with van der Waals surface area (Å²) in [6.45, 7) is 0.911. The Morgan fingerprint density at radius 3 is 2.71 bits per heavy atom. The Labute approximate surface area is 43.6 Å². The van der Waals surface area contributed by atoms with Crippen molar-refractivity contribution in [1.82, 2.24) is 5.32 Å². The van der Waals surface area contributed by atoms with Gasteiger partial charge in [-0.3, -0.25) is 5.32 Å². The highest BCUT2D eigenvalue weighted by Gasteiger charge is 1.75. The Hall–Kier alpha value is -0.120. The van der Waals surface area contributed by atoms with E-state index >= 15 is 0 Å². The summed E-state index contributed by atoms with van der Waals surface area (Å²) in [5.74, 6) is 0. The molecule has 0 aliphatic heterocycles. The van der Waals surface area contributed by atoms with Crippen LogP contribution < -0.4 is 5.32 Å². The second-order valence-electron chi connectivity index (χ2n) is 1.11. The van der Waals surface area contributed by atoms with Crippen LogP contribution in [0, 0.1) is 0 Å². The molecule has 0 aromatic carbocycles. The van der Waals surface area contributed by atoms with Crippen LogP contribution in [0.2, 0.25) is 0 Å². The van der Waals surface area contributed by atoms with E-state index in [1.54, 1.807) is 7.11 Å². The van der Waals surface area contributed by atoms with Gasteiger partial charge >= 0.3 is 0 Å². The largest absolute Gasteiger partial charge is 0.359 e. The van der Waals surface area contributed by atoms with Gasteiger partial charge in [0.1, 0.15) is 6.79 Å². The van der Waals surface area contributed by atoms with Crippen LogP contribution in [0.3, 0.4) is 0 Å². The molecule has 0 heterocycles. The average Bonchev–Trinajstić information content (AvgIpc) is 1.69. The highest BCUT2D eigenvalue weighted by atomic mass is 16.7. The molecule has 0 saturated carbocycles. The molecular weight excluding hydrogens is 94.0 g/mol. The zero-order valence-corrected chi connectivity index (χ0v) is 4.73. The van der Waals surface area contributed by atoms with Crippen molar-refractivity contribution in [3.8, 4) is 0 Å². The number of hydrogen-bond acceptors (Lipinski definition) is 3. The maximum absolute atomic E-state index is 4.80. The van der Waals surface area contributed by atoms with Crippen molar-refractivity contribution < 1.29 is 9.47 Å². The van der Waals surface area contributed by atoms with E-state index in [9.17, 15) is 0 Å². The molecule has 0 bridgehead atoms. The van der Waals surface area contributed by atoms with Crippen molar-refractivity contribution in [2.45, 2.75) is 0 Å². The molecule has 0 amide bonds. The van der Waals surface area contributed by atoms with E-state index in [0.717, 1.165) is 0 Å². The van der Waals surface area contributed by atoms with Gasteiger partial charge in [0.2, 0.25) is 0 Å². The Balaban J connectivity index is 2.45. The van der Waals surface area contributed by atoms with Crippen LogP contribution in [0.4, 0.5) is 0 Å². The maximum Gasteiger partial charge on any atom is 0.148 e. The quantitative estimate of drug-likeness (QED) is 0.396. The fraction of sp³-hybridized carbons (Fsp3) is 1.00. The van der Waals surface area contributed by atoms with Gasteiger partial charge in [-0.25, -0.2) is 0 Å². The average molecular weight is 105 g/mol. The first-order valence-electron chi connectivity index (χ1n) is 2.13. The molecule has 0 rings (SSSR count). The molecular formula is C4H11NO2. The van der Waals surface area contributed by atoms with Crippen molar-refractivity contribution in [2.75, 3.05) is 27.7 Å². The van der Waals surface area contributed by atoms with Crippen molar-refractivity contribution in [1.29, 1.82) is 0 Å². The molecule has 0 fully saturated rings. The molecule has 7 heavy (non-hydrogen) atoms. The first kappa shape index (κ1) is 6.88. The van der Waals surface area contributed by atoms with Gasteiger partial charge in [-0.1, -0.05) is 0 Å². The van der Waals surface area contributed by atoms with E-state index < -0.39 is 0 Å². The van der Waals surface area contributed by atoms with E-state index in [0.29, 0.717) is 13.5 Å². The minimum atomic E-state index is 0.362. The number of hydrogen-bond donors (Lipinski definition) is 1. The summed E-state index contributed by atoms with van der Waals surface area (Å²) in [6.07, 6.45) is 0. The Bertz CT molecular complexity index is 28.9. The van der Waals surface area contributed by atoms with Crippen molar-refractivity contribution in [2.24, 2.45) is 0 Å². The highest BCUT2D eigenvalue weighted by Crippen LogP contribution is 1.66. The van der Waals surface area contributed by atoms with Crippen LogP contribution in [-0.2, 0) is 9.47 Å². The van der Waals surface area contributed by atoms with Gasteiger partial charge in [-0.2, -0.15) is 0 Å². The number of methoxy groups -OCH3 is 1. The molecule has 0 spiro atoms. The normalized spacial score (nSPS) is 9.43. The third kappa shape index (κ3) is 5.88. The summed E-state index contributed by atoms with van der Waals surface area (Å²) >= 11 is 0. The van der Waals surface area contributed by atoms with Crippen LogP contribution in [0.1, 0.15) is 0 Å². The molecule has 0 saturated heterocycles. The fourth-order valence-electron chi connectivity index (χ4n) is 0.227. The number of nitrogens with one attached hydrogen (secondary N) is 1. The Morgan fingerprint density at radius 2 is 2.29 bits per heavy atom. The first-order valence-corrected chi connectivity index (χ1v) is 2.13. The summed E-state index contributed by atoms with van der Waals surface area (Å²) in [5, 5.41) is 2.80. The molecule has 0 aliphatic carbocycles. The number of rotatable bonds is 4. The number of ether oxygens (including phenoxy) is 2. The highest BCUT2D eigenvalue weighted by molar-refractivity contribution is 4.11. The molecule has 3 nitrogen and oxygen atoms in total. The van der Waals surface area contributed by atoms with E-state index in [2.05, 4.69) is 10.1 Å². The van der Waals surface area contributed by atoms with Gasteiger partial charge in [-0.15, -0.1) is 0 Å². The van der Waals surface area contributed by atoms with Gasteiger partial charge in [0.25, 0.3) is 0 Å². The lowest BCUT2D eigenvalue weighted by Gasteiger charge is -1.97. The summed E-state index contributed by atoms with van der Waals surface area (Å²) in [5.41, 5.74) is 0. The molecule has 0 aromatic heterocycles. The molecule has 0 aliphatic rings. The second kappa shape index (κ2) is 5.88. The predicted octanol–water partition coefficient (Wildman–Crippen LogP) is -0.216. The molecule has 0 unspecified atom stereocenters. The van der Waals surface area contributed by atoms with E-state index in [1.165, 1.54) is 0 Å². The second-order valence-corrected chi connectivity index (χ2v) is 1.11. The van der Waals surface area contributed by atoms with E-state index in [1.807, 2.05) is 7.05 Å². The lowest BCUT2D eigenvalue weighted by Crippen LogP contribution is -2.12. The lowest BCUT2D eigenvalue weighted by molar-refractivity contribution is -0.0354. The Kier molecular flexibility index (Phi) is 5.78. The molecule has 1 N–H and O–H groups in total. The van der Waals surface area contributed by atoms with Gasteiger partial charge in [-0.05, 0) is 7.05 Å². The molecule has 44 valence electrons. The SMILES string of the molecule is CNCOCOC. The van der Waals surface area contributed by atoms with Gasteiger partial charge in [0.05, 0.1) is 6.73 Å². The first-order chi connectivity index (χ1) is 3.41. The molecule has 3 heteroatoms. The third-order valence-electron chi connectivity index (χ3n) is 0.448. The molecule has 0 aromatic rings. The topological polar surface area (TPSA) is 30.5 Å². The van der Waals surface area contributed by atoms with Crippen LogP contribution >= 0.6 is 0 Å². The van der Waals surface area contributed by atoms with E-state index in [4.69, 9.17) is 4.74 Å².